The van der Waals surface area contributed by atoms with Gasteiger partial charge in [0.05, 0.1) is 13.3 Å². The number of hydrogen-bond acceptors (Lipinski definition) is 4. The number of H-pyrrole nitrogens is 1. The Morgan fingerprint density at radius 2 is 2.23 bits per heavy atom. The normalized spacial score (nSPS) is 16.3. The van der Waals surface area contributed by atoms with Gasteiger partial charge in [0, 0.05) is 41.4 Å². The molecular formula is C15H17ClN4O2. The maximum atomic E-state index is 12.8. The minimum absolute atomic E-state index is 0.0949. The number of nitrogens with one attached hydrogen (secondary N) is 1. The second kappa shape index (κ2) is 5.28. The standard InChI is InChI=1S/C15H17ClN4O2/c1-15(2)8-20(7-10-6-17-19-13(10)15)14(21)9-4-11(16)18-12(5-9)22-3/h4-6H,7-8H2,1-3H3,(H,17,19). The van der Waals surface area contributed by atoms with Gasteiger partial charge in [0.15, 0.2) is 0 Å². The fourth-order valence-electron chi connectivity index (χ4n) is 2.86. The zero-order valence-corrected chi connectivity index (χ0v) is 13.4. The summed E-state index contributed by atoms with van der Waals surface area (Å²) in [5, 5.41) is 7.37. The molecule has 0 fully saturated rings. The van der Waals surface area contributed by atoms with E-state index in [4.69, 9.17) is 16.3 Å². The first-order valence-electron chi connectivity index (χ1n) is 6.94. The fourth-order valence-corrected chi connectivity index (χ4v) is 3.06. The zero-order valence-electron chi connectivity index (χ0n) is 12.7. The van der Waals surface area contributed by atoms with Crippen LogP contribution in [0.25, 0.3) is 0 Å². The minimum atomic E-state index is -0.180. The molecule has 2 aromatic rings. The van der Waals surface area contributed by atoms with Gasteiger partial charge in [-0.1, -0.05) is 25.4 Å². The number of carbonyl (C=O) groups excluding carboxylic acids is 1. The molecule has 0 unspecified atom stereocenters. The van der Waals surface area contributed by atoms with Gasteiger partial charge in [0.25, 0.3) is 5.91 Å². The molecule has 0 saturated carbocycles. The Hall–Kier alpha value is -2.08. The van der Waals surface area contributed by atoms with Crippen molar-refractivity contribution in [3.63, 3.8) is 0 Å². The third kappa shape index (κ3) is 2.54. The van der Waals surface area contributed by atoms with Gasteiger partial charge >= 0.3 is 0 Å². The fraction of sp³-hybridized carbons (Fsp3) is 0.400. The maximum absolute atomic E-state index is 12.8. The Balaban J connectivity index is 1.92. The molecule has 3 heterocycles. The van der Waals surface area contributed by atoms with E-state index < -0.39 is 0 Å². The van der Waals surface area contributed by atoms with E-state index in [0.29, 0.717) is 24.5 Å². The number of aromatic amines is 1. The smallest absolute Gasteiger partial charge is 0.254 e. The Labute approximate surface area is 133 Å². The summed E-state index contributed by atoms with van der Waals surface area (Å²) >= 11 is 5.95. The number of hydrogen-bond donors (Lipinski definition) is 1. The number of carbonyl (C=O) groups is 1. The third-order valence-corrected chi connectivity index (χ3v) is 4.05. The average molecular weight is 321 g/mol. The van der Waals surface area contributed by atoms with Crippen LogP contribution in [-0.4, -0.2) is 39.6 Å². The molecule has 0 spiro atoms. The lowest BCUT2D eigenvalue weighted by molar-refractivity contribution is 0.0684. The summed E-state index contributed by atoms with van der Waals surface area (Å²) in [6, 6.07) is 3.16. The van der Waals surface area contributed by atoms with Gasteiger partial charge in [-0.3, -0.25) is 9.89 Å². The van der Waals surface area contributed by atoms with E-state index in [2.05, 4.69) is 29.0 Å². The third-order valence-electron chi connectivity index (χ3n) is 3.86. The maximum Gasteiger partial charge on any atom is 0.254 e. The summed E-state index contributed by atoms with van der Waals surface area (Å²) in [4.78, 5) is 18.6. The summed E-state index contributed by atoms with van der Waals surface area (Å²) in [6.07, 6.45) is 1.77. The number of nitrogens with zero attached hydrogens (tertiary/aromatic N) is 3. The van der Waals surface area contributed by atoms with Crippen molar-refractivity contribution in [3.05, 3.63) is 40.3 Å². The summed E-state index contributed by atoms with van der Waals surface area (Å²) in [7, 11) is 1.49. The van der Waals surface area contributed by atoms with Crippen LogP contribution in [0.5, 0.6) is 5.88 Å². The van der Waals surface area contributed by atoms with Gasteiger partial charge in [0.2, 0.25) is 5.88 Å². The highest BCUT2D eigenvalue weighted by atomic mass is 35.5. The first-order valence-corrected chi connectivity index (χ1v) is 7.32. The van der Waals surface area contributed by atoms with Crippen molar-refractivity contribution < 1.29 is 9.53 Å². The lowest BCUT2D eigenvalue weighted by atomic mass is 9.83. The number of methoxy groups -OCH3 is 1. The van der Waals surface area contributed by atoms with E-state index >= 15 is 0 Å². The lowest BCUT2D eigenvalue weighted by Crippen LogP contribution is -2.45. The predicted molar refractivity (Wildman–Crippen MR) is 82.2 cm³/mol. The number of fused-ring (bicyclic) bond motifs is 1. The van der Waals surface area contributed by atoms with Gasteiger partial charge in [-0.25, -0.2) is 4.98 Å². The van der Waals surface area contributed by atoms with Crippen LogP contribution in [0.4, 0.5) is 0 Å². The molecule has 3 rings (SSSR count). The molecular weight excluding hydrogens is 304 g/mol. The molecule has 1 aliphatic rings. The molecule has 1 amide bonds. The van der Waals surface area contributed by atoms with Crippen LogP contribution in [0.2, 0.25) is 5.15 Å². The SMILES string of the molecule is COc1cc(C(=O)N2Cc3cn[nH]c3C(C)(C)C2)cc(Cl)n1. The number of halogens is 1. The van der Waals surface area contributed by atoms with E-state index in [0.717, 1.165) is 11.3 Å². The van der Waals surface area contributed by atoms with Crippen molar-refractivity contribution in [1.29, 1.82) is 0 Å². The summed E-state index contributed by atoms with van der Waals surface area (Å²) in [5.41, 5.74) is 2.42. The van der Waals surface area contributed by atoms with E-state index in [9.17, 15) is 4.79 Å². The number of rotatable bonds is 2. The molecule has 116 valence electrons. The first-order chi connectivity index (χ1) is 10.4. The van der Waals surface area contributed by atoms with Crippen LogP contribution in [0.1, 0.15) is 35.5 Å². The quantitative estimate of drug-likeness (QED) is 0.863. The van der Waals surface area contributed by atoms with E-state index in [-0.39, 0.29) is 16.5 Å². The zero-order chi connectivity index (χ0) is 15.9. The number of amides is 1. The largest absolute Gasteiger partial charge is 0.481 e. The molecule has 0 aromatic carbocycles. The molecule has 0 radical (unpaired) electrons. The van der Waals surface area contributed by atoms with Crippen molar-refractivity contribution in [2.24, 2.45) is 0 Å². The highest BCUT2D eigenvalue weighted by Gasteiger charge is 2.35. The molecule has 22 heavy (non-hydrogen) atoms. The number of aromatic nitrogens is 3. The topological polar surface area (TPSA) is 71.1 Å². The predicted octanol–water partition coefficient (Wildman–Crippen LogP) is 2.40. The lowest BCUT2D eigenvalue weighted by Gasteiger charge is -2.37. The van der Waals surface area contributed by atoms with E-state index in [1.165, 1.54) is 7.11 Å². The Kier molecular flexibility index (Phi) is 3.56. The van der Waals surface area contributed by atoms with Crippen molar-refractivity contribution in [3.8, 4) is 5.88 Å². The van der Waals surface area contributed by atoms with Crippen LogP contribution in [0.15, 0.2) is 18.3 Å². The second-order valence-electron chi connectivity index (χ2n) is 6.04. The van der Waals surface area contributed by atoms with Crippen LogP contribution in [-0.2, 0) is 12.0 Å². The van der Waals surface area contributed by atoms with Gasteiger partial charge < -0.3 is 9.64 Å². The highest BCUT2D eigenvalue weighted by Crippen LogP contribution is 2.32. The monoisotopic (exact) mass is 320 g/mol. The molecule has 1 N–H and O–H groups in total. The van der Waals surface area contributed by atoms with Crippen LogP contribution in [0.3, 0.4) is 0 Å². The van der Waals surface area contributed by atoms with Gasteiger partial charge in [-0.2, -0.15) is 5.10 Å². The molecule has 1 aliphatic heterocycles. The first kappa shape index (κ1) is 14.8. The molecule has 6 nitrogen and oxygen atoms in total. The highest BCUT2D eigenvalue weighted by molar-refractivity contribution is 6.29. The van der Waals surface area contributed by atoms with Gasteiger partial charge in [-0.05, 0) is 6.07 Å². The molecule has 7 heteroatoms. The van der Waals surface area contributed by atoms with E-state index in [1.54, 1.807) is 23.2 Å². The van der Waals surface area contributed by atoms with Crippen LogP contribution >= 0.6 is 11.6 Å². The number of ether oxygens (including phenoxy) is 1. The Morgan fingerprint density at radius 1 is 1.45 bits per heavy atom. The Morgan fingerprint density at radius 3 is 2.95 bits per heavy atom. The molecule has 0 saturated heterocycles. The average Bonchev–Trinajstić information content (AvgIpc) is 2.94. The summed E-state index contributed by atoms with van der Waals surface area (Å²) in [6.45, 7) is 5.30. The molecule has 2 aromatic heterocycles. The van der Waals surface area contributed by atoms with Crippen molar-refractivity contribution in [2.75, 3.05) is 13.7 Å². The van der Waals surface area contributed by atoms with Gasteiger partial charge in [0.1, 0.15) is 5.15 Å². The van der Waals surface area contributed by atoms with Gasteiger partial charge in [-0.15, -0.1) is 0 Å². The second-order valence-corrected chi connectivity index (χ2v) is 6.42. The van der Waals surface area contributed by atoms with Crippen LogP contribution in [0, 0.1) is 0 Å². The van der Waals surface area contributed by atoms with E-state index in [1.807, 2.05) is 0 Å². The van der Waals surface area contributed by atoms with Crippen molar-refractivity contribution >= 4 is 17.5 Å². The number of pyridine rings is 1. The summed E-state index contributed by atoms with van der Waals surface area (Å²) in [5.74, 6) is 0.235. The summed E-state index contributed by atoms with van der Waals surface area (Å²) < 4.78 is 5.08. The van der Waals surface area contributed by atoms with Crippen LogP contribution < -0.4 is 4.74 Å². The molecule has 0 atom stereocenters. The molecule has 0 bridgehead atoms. The Bertz CT molecular complexity index is 726. The minimum Gasteiger partial charge on any atom is -0.481 e. The molecule has 0 aliphatic carbocycles. The van der Waals surface area contributed by atoms with Crippen molar-refractivity contribution in [2.45, 2.75) is 25.8 Å². The van der Waals surface area contributed by atoms with Crippen molar-refractivity contribution in [1.82, 2.24) is 20.1 Å².